The smallest absolute Gasteiger partial charge is 0.256 e. The number of nitrogens with zero attached hydrogens (tertiary/aromatic N) is 2. The Morgan fingerprint density at radius 3 is 3.10 bits per heavy atom. The Morgan fingerprint density at radius 2 is 2.35 bits per heavy atom. The van der Waals surface area contributed by atoms with Crippen molar-refractivity contribution in [3.63, 3.8) is 0 Å². The molecule has 6 heteroatoms. The van der Waals surface area contributed by atoms with Crippen molar-refractivity contribution in [2.24, 2.45) is 0 Å². The Morgan fingerprint density at radius 1 is 1.50 bits per heavy atom. The summed E-state index contributed by atoms with van der Waals surface area (Å²) < 4.78 is 0. The SMILES string of the molecule is N#Cc1c(NC(=O)c2ccnc(Cl)c2)sc2c1CCC2. The van der Waals surface area contributed by atoms with Gasteiger partial charge in [0.1, 0.15) is 16.2 Å². The van der Waals surface area contributed by atoms with Crippen LogP contribution in [0.3, 0.4) is 0 Å². The van der Waals surface area contributed by atoms with Gasteiger partial charge >= 0.3 is 0 Å². The molecular formula is C14H10ClN3OS. The maximum absolute atomic E-state index is 12.2. The molecule has 0 radical (unpaired) electrons. The molecule has 1 N–H and O–H groups in total. The standard InChI is InChI=1S/C14H10ClN3OS/c15-12-6-8(4-5-17-12)13(19)18-14-10(7-16)9-2-1-3-11(9)20-14/h4-6H,1-3H2,(H,18,19). The summed E-state index contributed by atoms with van der Waals surface area (Å²) in [6.45, 7) is 0. The fraction of sp³-hybridized carbons (Fsp3) is 0.214. The number of fused-ring (bicyclic) bond motifs is 1. The normalized spacial score (nSPS) is 12.8. The van der Waals surface area contributed by atoms with Crippen molar-refractivity contribution < 1.29 is 4.79 Å². The van der Waals surface area contributed by atoms with Gasteiger partial charge in [-0.05, 0) is 37.0 Å². The Bertz CT molecular complexity index is 733. The summed E-state index contributed by atoms with van der Waals surface area (Å²) in [5.41, 5.74) is 2.14. The summed E-state index contributed by atoms with van der Waals surface area (Å²) in [4.78, 5) is 17.2. The number of nitriles is 1. The molecule has 0 saturated heterocycles. The molecule has 2 heterocycles. The van der Waals surface area contributed by atoms with E-state index >= 15 is 0 Å². The number of thiophene rings is 1. The van der Waals surface area contributed by atoms with E-state index in [4.69, 9.17) is 11.6 Å². The third kappa shape index (κ3) is 2.28. The maximum Gasteiger partial charge on any atom is 0.256 e. The van der Waals surface area contributed by atoms with Gasteiger partial charge in [0.2, 0.25) is 0 Å². The van der Waals surface area contributed by atoms with E-state index in [1.807, 2.05) is 0 Å². The quantitative estimate of drug-likeness (QED) is 0.865. The topological polar surface area (TPSA) is 65.8 Å². The Labute approximate surface area is 125 Å². The van der Waals surface area contributed by atoms with Crippen LogP contribution < -0.4 is 5.32 Å². The number of nitrogens with one attached hydrogen (secondary N) is 1. The number of pyridine rings is 1. The van der Waals surface area contributed by atoms with Crippen LogP contribution in [0.2, 0.25) is 5.15 Å². The van der Waals surface area contributed by atoms with E-state index in [0.29, 0.717) is 16.1 Å². The Balaban J connectivity index is 1.89. The zero-order valence-corrected chi connectivity index (χ0v) is 12.0. The second-order valence-corrected chi connectivity index (χ2v) is 5.99. The average molecular weight is 304 g/mol. The number of aromatic nitrogens is 1. The molecule has 1 amide bonds. The number of halogens is 1. The summed E-state index contributed by atoms with van der Waals surface area (Å²) in [5, 5.41) is 13.0. The third-order valence-electron chi connectivity index (χ3n) is 3.25. The molecule has 100 valence electrons. The predicted molar refractivity (Wildman–Crippen MR) is 78.3 cm³/mol. The lowest BCUT2D eigenvalue weighted by molar-refractivity contribution is 0.102. The van der Waals surface area contributed by atoms with Gasteiger partial charge in [0.15, 0.2) is 0 Å². The number of carbonyl (C=O) groups excluding carboxylic acids is 1. The summed E-state index contributed by atoms with van der Waals surface area (Å²) in [5.74, 6) is -0.272. The summed E-state index contributed by atoms with van der Waals surface area (Å²) in [7, 11) is 0. The van der Waals surface area contributed by atoms with E-state index < -0.39 is 0 Å². The maximum atomic E-state index is 12.2. The van der Waals surface area contributed by atoms with Gasteiger partial charge in [-0.2, -0.15) is 5.26 Å². The van der Waals surface area contributed by atoms with E-state index in [0.717, 1.165) is 24.8 Å². The van der Waals surface area contributed by atoms with E-state index in [1.165, 1.54) is 28.5 Å². The van der Waals surface area contributed by atoms with Crippen LogP contribution in [0.25, 0.3) is 0 Å². The number of carbonyl (C=O) groups is 1. The second-order valence-electron chi connectivity index (χ2n) is 4.49. The second kappa shape index (κ2) is 5.23. The van der Waals surface area contributed by atoms with E-state index in [1.54, 1.807) is 6.07 Å². The van der Waals surface area contributed by atoms with Crippen molar-refractivity contribution >= 4 is 33.8 Å². The molecule has 2 aromatic heterocycles. The van der Waals surface area contributed by atoms with Crippen molar-refractivity contribution in [1.29, 1.82) is 5.26 Å². The van der Waals surface area contributed by atoms with Crippen LogP contribution in [0.4, 0.5) is 5.00 Å². The zero-order chi connectivity index (χ0) is 14.1. The third-order valence-corrected chi connectivity index (χ3v) is 4.66. The van der Waals surface area contributed by atoms with Crippen LogP contribution in [0, 0.1) is 11.3 Å². The molecule has 0 aliphatic heterocycles. The van der Waals surface area contributed by atoms with E-state index in [9.17, 15) is 10.1 Å². The van der Waals surface area contributed by atoms with Crippen molar-refractivity contribution in [2.45, 2.75) is 19.3 Å². The highest BCUT2D eigenvalue weighted by Gasteiger charge is 2.23. The first-order chi connectivity index (χ1) is 9.69. The van der Waals surface area contributed by atoms with Gasteiger partial charge in [-0.1, -0.05) is 11.6 Å². The van der Waals surface area contributed by atoms with Crippen LogP contribution in [-0.2, 0) is 12.8 Å². The molecule has 2 aromatic rings. The van der Waals surface area contributed by atoms with E-state index in [-0.39, 0.29) is 11.1 Å². The molecule has 20 heavy (non-hydrogen) atoms. The molecule has 0 bridgehead atoms. The molecule has 0 aromatic carbocycles. The lowest BCUT2D eigenvalue weighted by Crippen LogP contribution is -2.12. The monoisotopic (exact) mass is 303 g/mol. The molecule has 0 spiro atoms. The van der Waals surface area contributed by atoms with Gasteiger partial charge in [0.05, 0.1) is 5.56 Å². The molecule has 0 atom stereocenters. The van der Waals surface area contributed by atoms with Crippen LogP contribution in [-0.4, -0.2) is 10.9 Å². The molecule has 0 fully saturated rings. The van der Waals surface area contributed by atoms with Gasteiger partial charge in [-0.25, -0.2) is 4.98 Å². The van der Waals surface area contributed by atoms with Gasteiger partial charge in [-0.15, -0.1) is 11.3 Å². The lowest BCUT2D eigenvalue weighted by atomic mass is 10.1. The molecule has 0 unspecified atom stereocenters. The molecule has 4 nitrogen and oxygen atoms in total. The number of rotatable bonds is 2. The Hall–Kier alpha value is -1.90. The number of amides is 1. The highest BCUT2D eigenvalue weighted by molar-refractivity contribution is 7.16. The van der Waals surface area contributed by atoms with Gasteiger partial charge in [0.25, 0.3) is 5.91 Å². The minimum Gasteiger partial charge on any atom is -0.312 e. The van der Waals surface area contributed by atoms with Gasteiger partial charge in [-0.3, -0.25) is 4.79 Å². The van der Waals surface area contributed by atoms with Crippen molar-refractivity contribution in [1.82, 2.24) is 4.98 Å². The summed E-state index contributed by atoms with van der Waals surface area (Å²) in [6, 6.07) is 5.30. The number of hydrogen-bond acceptors (Lipinski definition) is 4. The molecule has 1 aliphatic carbocycles. The Kier molecular flexibility index (Phi) is 3.43. The minimum atomic E-state index is -0.272. The first-order valence-corrected chi connectivity index (χ1v) is 7.36. The first kappa shape index (κ1) is 13.1. The van der Waals surface area contributed by atoms with Gasteiger partial charge < -0.3 is 5.32 Å². The van der Waals surface area contributed by atoms with Crippen molar-refractivity contribution in [3.8, 4) is 6.07 Å². The largest absolute Gasteiger partial charge is 0.312 e. The fourth-order valence-electron chi connectivity index (χ4n) is 2.33. The number of hydrogen-bond donors (Lipinski definition) is 1. The number of anilines is 1. The first-order valence-electron chi connectivity index (χ1n) is 6.16. The van der Waals surface area contributed by atoms with E-state index in [2.05, 4.69) is 16.4 Å². The molecule has 3 rings (SSSR count). The van der Waals surface area contributed by atoms with Gasteiger partial charge in [0, 0.05) is 16.6 Å². The number of aryl methyl sites for hydroxylation is 1. The highest BCUT2D eigenvalue weighted by Crippen LogP contribution is 2.38. The average Bonchev–Trinajstić information content (AvgIpc) is 2.98. The summed E-state index contributed by atoms with van der Waals surface area (Å²) >= 11 is 7.27. The van der Waals surface area contributed by atoms with Crippen molar-refractivity contribution in [2.75, 3.05) is 5.32 Å². The fourth-order valence-corrected chi connectivity index (χ4v) is 3.74. The highest BCUT2D eigenvalue weighted by atomic mass is 35.5. The lowest BCUT2D eigenvalue weighted by Gasteiger charge is -2.04. The molecular weight excluding hydrogens is 294 g/mol. The molecule has 1 aliphatic rings. The zero-order valence-electron chi connectivity index (χ0n) is 10.4. The van der Waals surface area contributed by atoms with Crippen LogP contribution in [0.1, 0.15) is 32.8 Å². The predicted octanol–water partition coefficient (Wildman–Crippen LogP) is 3.41. The van der Waals surface area contributed by atoms with Crippen molar-refractivity contribution in [3.05, 3.63) is 45.1 Å². The van der Waals surface area contributed by atoms with Crippen LogP contribution >= 0.6 is 22.9 Å². The summed E-state index contributed by atoms with van der Waals surface area (Å²) in [6.07, 6.45) is 4.48. The molecule has 0 saturated carbocycles. The van der Waals surface area contributed by atoms with Crippen LogP contribution in [0.15, 0.2) is 18.3 Å². The van der Waals surface area contributed by atoms with Crippen LogP contribution in [0.5, 0.6) is 0 Å². The minimum absolute atomic E-state index is 0.270.